The topological polar surface area (TPSA) is 25.8 Å². The molecular formula is C57H40N2. The summed E-state index contributed by atoms with van der Waals surface area (Å²) in [6.07, 6.45) is 0. The van der Waals surface area contributed by atoms with Gasteiger partial charge in [0.1, 0.15) is 0 Å². The highest BCUT2D eigenvalue weighted by molar-refractivity contribution is 6.11. The first-order valence-corrected chi connectivity index (χ1v) is 20.4. The minimum atomic E-state index is -0.118. The summed E-state index contributed by atoms with van der Waals surface area (Å²) in [5.74, 6) is 0.698. The molecule has 9 aromatic carbocycles. The number of aromatic nitrogens is 2. The Morgan fingerprint density at radius 2 is 0.831 bits per heavy atom. The van der Waals surface area contributed by atoms with Crippen molar-refractivity contribution in [2.45, 2.75) is 19.3 Å². The zero-order valence-electron chi connectivity index (χ0n) is 33.0. The van der Waals surface area contributed by atoms with Crippen molar-refractivity contribution in [2.75, 3.05) is 0 Å². The molecule has 0 aliphatic heterocycles. The van der Waals surface area contributed by atoms with Gasteiger partial charge in [-0.05, 0) is 83.2 Å². The lowest BCUT2D eigenvalue weighted by molar-refractivity contribution is 0.661. The standard InChI is InChI=1S/C57H40N2/c1-57(2)50-23-13-22-49(55(50)54-44-19-10-9-18-41(44)32-35-51(54)57)47-33-34-48(46-21-12-11-20-45(46)47)53-36-52(42-28-24-39(25-29-42)37-14-5-3-6-15-37)58-56(59-53)43-30-26-40(27-31-43)38-16-7-4-8-17-38/h3-36H,1-2H3. The van der Waals surface area contributed by atoms with E-state index in [-0.39, 0.29) is 5.41 Å². The minimum absolute atomic E-state index is 0.118. The van der Waals surface area contributed by atoms with Crippen molar-refractivity contribution < 1.29 is 0 Å². The highest BCUT2D eigenvalue weighted by Gasteiger charge is 2.38. The quantitative estimate of drug-likeness (QED) is 0.169. The second kappa shape index (κ2) is 13.9. The van der Waals surface area contributed by atoms with Gasteiger partial charge < -0.3 is 0 Å². The van der Waals surface area contributed by atoms with Crippen LogP contribution in [0.15, 0.2) is 206 Å². The monoisotopic (exact) mass is 752 g/mol. The maximum atomic E-state index is 5.35. The van der Waals surface area contributed by atoms with Crippen LogP contribution in [-0.2, 0) is 5.41 Å². The van der Waals surface area contributed by atoms with Gasteiger partial charge >= 0.3 is 0 Å². The Labute approximate surface area is 345 Å². The van der Waals surface area contributed by atoms with Gasteiger partial charge in [0, 0.05) is 22.1 Å². The Kier molecular flexibility index (Phi) is 8.20. The van der Waals surface area contributed by atoms with Crippen LogP contribution >= 0.6 is 0 Å². The van der Waals surface area contributed by atoms with E-state index < -0.39 is 0 Å². The van der Waals surface area contributed by atoms with Crippen LogP contribution < -0.4 is 0 Å². The van der Waals surface area contributed by atoms with Crippen LogP contribution in [0, 0.1) is 0 Å². The van der Waals surface area contributed by atoms with Crippen LogP contribution in [0.1, 0.15) is 25.0 Å². The molecule has 0 fully saturated rings. The van der Waals surface area contributed by atoms with Gasteiger partial charge in [-0.1, -0.05) is 214 Å². The number of benzene rings is 9. The molecule has 1 aliphatic rings. The smallest absolute Gasteiger partial charge is 0.160 e. The van der Waals surface area contributed by atoms with Crippen LogP contribution in [-0.4, -0.2) is 9.97 Å². The lowest BCUT2D eigenvalue weighted by atomic mass is 9.81. The molecule has 0 spiro atoms. The first kappa shape index (κ1) is 34.8. The Hall–Kier alpha value is -7.42. The first-order chi connectivity index (χ1) is 29.0. The van der Waals surface area contributed by atoms with Crippen LogP contribution in [0.5, 0.6) is 0 Å². The molecule has 0 atom stereocenters. The molecule has 0 saturated carbocycles. The van der Waals surface area contributed by atoms with Gasteiger partial charge in [0.15, 0.2) is 5.82 Å². The molecule has 0 saturated heterocycles. The lowest BCUT2D eigenvalue weighted by Gasteiger charge is -2.22. The van der Waals surface area contributed by atoms with Gasteiger partial charge in [-0.3, -0.25) is 0 Å². The van der Waals surface area contributed by atoms with E-state index in [0.29, 0.717) is 5.82 Å². The van der Waals surface area contributed by atoms with Crippen molar-refractivity contribution in [1.29, 1.82) is 0 Å². The molecule has 0 N–H and O–H groups in total. The van der Waals surface area contributed by atoms with Gasteiger partial charge in [0.05, 0.1) is 11.4 Å². The first-order valence-electron chi connectivity index (χ1n) is 20.4. The van der Waals surface area contributed by atoms with Gasteiger partial charge in [0.2, 0.25) is 0 Å². The summed E-state index contributed by atoms with van der Waals surface area (Å²) in [6, 6.07) is 74.2. The molecule has 1 aromatic heterocycles. The third kappa shape index (κ3) is 5.87. The predicted molar refractivity (Wildman–Crippen MR) is 247 cm³/mol. The third-order valence-electron chi connectivity index (χ3n) is 12.3. The maximum Gasteiger partial charge on any atom is 0.160 e. The second-order valence-electron chi connectivity index (χ2n) is 16.1. The highest BCUT2D eigenvalue weighted by atomic mass is 14.9. The molecule has 1 aliphatic carbocycles. The SMILES string of the molecule is CC1(C)c2cccc(-c3ccc(-c4cc(-c5ccc(-c6ccccc6)cc5)nc(-c5ccc(-c6ccccc6)cc5)n4)c4ccccc34)c2-c2c1ccc1ccccc21. The molecule has 59 heavy (non-hydrogen) atoms. The number of rotatable bonds is 6. The molecule has 278 valence electrons. The van der Waals surface area contributed by atoms with Crippen LogP contribution in [0.3, 0.4) is 0 Å². The van der Waals surface area contributed by atoms with Gasteiger partial charge in [-0.15, -0.1) is 0 Å². The molecule has 2 nitrogen and oxygen atoms in total. The van der Waals surface area contributed by atoms with E-state index in [9.17, 15) is 0 Å². The molecule has 2 heteroatoms. The molecular weight excluding hydrogens is 713 g/mol. The summed E-state index contributed by atoms with van der Waals surface area (Å²) in [6.45, 7) is 4.73. The van der Waals surface area contributed by atoms with E-state index in [4.69, 9.17) is 9.97 Å². The normalized spacial score (nSPS) is 12.7. The molecule has 11 rings (SSSR count). The maximum absolute atomic E-state index is 5.35. The lowest BCUT2D eigenvalue weighted by Crippen LogP contribution is -2.14. The van der Waals surface area contributed by atoms with Crippen molar-refractivity contribution in [3.05, 3.63) is 217 Å². The van der Waals surface area contributed by atoms with E-state index in [0.717, 1.165) is 39.0 Å². The fourth-order valence-electron chi connectivity index (χ4n) is 9.30. The fourth-order valence-corrected chi connectivity index (χ4v) is 9.30. The highest BCUT2D eigenvalue weighted by Crippen LogP contribution is 2.55. The molecule has 0 unspecified atom stereocenters. The van der Waals surface area contributed by atoms with Crippen LogP contribution in [0.4, 0.5) is 0 Å². The van der Waals surface area contributed by atoms with Crippen molar-refractivity contribution in [3.63, 3.8) is 0 Å². The van der Waals surface area contributed by atoms with E-state index in [1.54, 1.807) is 0 Å². The molecule has 0 bridgehead atoms. The Balaban J connectivity index is 1.08. The van der Waals surface area contributed by atoms with E-state index >= 15 is 0 Å². The Morgan fingerprint density at radius 1 is 0.322 bits per heavy atom. The fraction of sp³-hybridized carbons (Fsp3) is 0.0526. The third-order valence-corrected chi connectivity index (χ3v) is 12.3. The predicted octanol–water partition coefficient (Wildman–Crippen LogP) is 15.1. The zero-order chi connectivity index (χ0) is 39.5. The van der Waals surface area contributed by atoms with Gasteiger partial charge in [0.25, 0.3) is 0 Å². The zero-order valence-corrected chi connectivity index (χ0v) is 33.0. The molecule has 10 aromatic rings. The Bertz CT molecular complexity index is 3100. The Morgan fingerprint density at radius 3 is 1.51 bits per heavy atom. The van der Waals surface area contributed by atoms with Gasteiger partial charge in [-0.2, -0.15) is 0 Å². The van der Waals surface area contributed by atoms with Crippen molar-refractivity contribution in [1.82, 2.24) is 9.97 Å². The number of hydrogen-bond donors (Lipinski definition) is 0. The molecule has 0 radical (unpaired) electrons. The summed E-state index contributed by atoms with van der Waals surface area (Å²) in [4.78, 5) is 10.6. The largest absolute Gasteiger partial charge is 0.228 e. The summed E-state index contributed by atoms with van der Waals surface area (Å²) < 4.78 is 0. The summed E-state index contributed by atoms with van der Waals surface area (Å²) in [7, 11) is 0. The molecule has 1 heterocycles. The van der Waals surface area contributed by atoms with Gasteiger partial charge in [-0.25, -0.2) is 9.97 Å². The minimum Gasteiger partial charge on any atom is -0.228 e. The van der Waals surface area contributed by atoms with Crippen LogP contribution in [0.25, 0.3) is 100.0 Å². The summed E-state index contributed by atoms with van der Waals surface area (Å²) in [5.41, 5.74) is 17.4. The van der Waals surface area contributed by atoms with Crippen molar-refractivity contribution >= 4 is 21.5 Å². The average molecular weight is 753 g/mol. The number of fused-ring (bicyclic) bond motifs is 6. The second-order valence-corrected chi connectivity index (χ2v) is 16.1. The van der Waals surface area contributed by atoms with E-state index in [2.05, 4.69) is 220 Å². The summed E-state index contributed by atoms with van der Waals surface area (Å²) in [5, 5.41) is 4.93. The average Bonchev–Trinajstić information content (AvgIpc) is 3.55. The summed E-state index contributed by atoms with van der Waals surface area (Å²) >= 11 is 0. The molecule has 0 amide bonds. The van der Waals surface area contributed by atoms with Crippen LogP contribution in [0.2, 0.25) is 0 Å². The van der Waals surface area contributed by atoms with Crippen molar-refractivity contribution in [3.8, 4) is 78.4 Å². The number of nitrogens with zero attached hydrogens (tertiary/aromatic N) is 2. The van der Waals surface area contributed by atoms with Crippen molar-refractivity contribution in [2.24, 2.45) is 0 Å². The van der Waals surface area contributed by atoms with E-state index in [1.165, 1.54) is 66.2 Å². The number of hydrogen-bond acceptors (Lipinski definition) is 2. The van der Waals surface area contributed by atoms with E-state index in [1.807, 2.05) is 0 Å².